The van der Waals surface area contributed by atoms with Crippen molar-refractivity contribution in [3.8, 4) is 11.8 Å². The molecular weight excluding hydrogens is 575 g/mol. The van der Waals surface area contributed by atoms with Crippen molar-refractivity contribution >= 4 is 58.2 Å². The van der Waals surface area contributed by atoms with Crippen molar-refractivity contribution in [3.05, 3.63) is 80.2 Å². The van der Waals surface area contributed by atoms with Crippen LogP contribution in [0.5, 0.6) is 5.75 Å². The summed E-state index contributed by atoms with van der Waals surface area (Å²) in [6.45, 7) is 2.59. The summed E-state index contributed by atoms with van der Waals surface area (Å²) in [6.07, 6.45) is 0.685. The Labute approximate surface area is 246 Å². The minimum atomic E-state index is -0.438. The number of carbonyl (C=O) groups excluding carboxylic acids is 2. The number of nitrogens with two attached hydrogens (primary N) is 2. The van der Waals surface area contributed by atoms with Gasteiger partial charge in [0.1, 0.15) is 23.4 Å². The molecule has 0 unspecified atom stereocenters. The number of methoxy groups -OCH3 is 1. The van der Waals surface area contributed by atoms with Crippen molar-refractivity contribution in [2.24, 2.45) is 16.5 Å². The molecule has 0 fully saturated rings. The number of halogens is 2. The highest BCUT2D eigenvalue weighted by atomic mass is 35.5. The number of hydrogen-bond donors (Lipinski definition) is 3. The standard InChI is InChI=1S/C27H27ClN6O4S.ClH/c1-37-26(36)17-4-2-16(3-5-17)14-34-10-8-19-21(13-29)25(39-23(19)15-34)33-24(35)20-12-18(6-7-22(20)28)38-11-9-32-27(30)31;/h2-7,12H,8-11,14-15H2,1H3,(H,33,35)(H4,30,31,32);1H. The molecule has 10 nitrogen and oxygen atoms in total. The maximum Gasteiger partial charge on any atom is 0.337 e. The largest absolute Gasteiger partial charge is 0.492 e. The summed E-state index contributed by atoms with van der Waals surface area (Å²) in [6, 6.07) is 14.3. The van der Waals surface area contributed by atoms with Crippen molar-refractivity contribution in [3.63, 3.8) is 0 Å². The second-order valence-corrected chi connectivity index (χ2v) is 10.2. The minimum Gasteiger partial charge on any atom is -0.492 e. The number of rotatable bonds is 9. The second kappa shape index (κ2) is 14.0. The molecule has 0 aliphatic carbocycles. The lowest BCUT2D eigenvalue weighted by Gasteiger charge is -2.26. The molecule has 13 heteroatoms. The molecule has 0 atom stereocenters. The third-order valence-corrected chi connectivity index (χ3v) is 7.55. The van der Waals surface area contributed by atoms with Crippen LogP contribution in [0.2, 0.25) is 5.02 Å². The van der Waals surface area contributed by atoms with Crippen LogP contribution >= 0.6 is 35.3 Å². The van der Waals surface area contributed by atoms with E-state index in [-0.39, 0.29) is 48.1 Å². The number of anilines is 1. The number of nitrogens with zero attached hydrogens (tertiary/aromatic N) is 3. The smallest absolute Gasteiger partial charge is 0.337 e. The van der Waals surface area contributed by atoms with Crippen molar-refractivity contribution in [1.82, 2.24) is 4.90 Å². The zero-order chi connectivity index (χ0) is 27.9. The number of carbonyl (C=O) groups is 2. The van der Waals surface area contributed by atoms with Gasteiger partial charge in [-0.2, -0.15) is 5.26 Å². The number of esters is 1. The van der Waals surface area contributed by atoms with Crippen LogP contribution in [-0.2, 0) is 24.2 Å². The molecule has 3 aromatic rings. The molecule has 40 heavy (non-hydrogen) atoms. The third-order valence-electron chi connectivity index (χ3n) is 6.09. The number of benzene rings is 2. The van der Waals surface area contributed by atoms with Crippen LogP contribution in [0.25, 0.3) is 0 Å². The molecule has 1 amide bonds. The van der Waals surface area contributed by atoms with Crippen molar-refractivity contribution < 1.29 is 19.1 Å². The molecule has 2 aromatic carbocycles. The van der Waals surface area contributed by atoms with Gasteiger partial charge in [-0.15, -0.1) is 23.7 Å². The highest BCUT2D eigenvalue weighted by molar-refractivity contribution is 7.16. The number of nitrogens with one attached hydrogen (secondary N) is 1. The Balaban J connectivity index is 0.00000441. The quantitative estimate of drug-likeness (QED) is 0.144. The predicted molar refractivity (Wildman–Crippen MR) is 157 cm³/mol. The lowest BCUT2D eigenvalue weighted by Crippen LogP contribution is -2.29. The zero-order valence-electron chi connectivity index (χ0n) is 21.6. The average molecular weight is 604 g/mol. The van der Waals surface area contributed by atoms with Crippen molar-refractivity contribution in [2.75, 3.05) is 32.1 Å². The highest BCUT2D eigenvalue weighted by Crippen LogP contribution is 2.37. The van der Waals surface area contributed by atoms with E-state index >= 15 is 0 Å². The monoisotopic (exact) mass is 602 g/mol. The summed E-state index contributed by atoms with van der Waals surface area (Å²) < 4.78 is 10.4. The topological polar surface area (TPSA) is 156 Å². The van der Waals surface area contributed by atoms with Crippen LogP contribution in [0.15, 0.2) is 47.5 Å². The maximum absolute atomic E-state index is 13.1. The number of hydrogen-bond acceptors (Lipinski definition) is 8. The Kier molecular flexibility index (Phi) is 10.8. The van der Waals surface area contributed by atoms with Gasteiger partial charge < -0.3 is 26.3 Å². The first-order chi connectivity index (χ1) is 18.8. The molecule has 5 N–H and O–H groups in total. The fraction of sp³-hybridized carbons (Fsp3) is 0.259. The first-order valence-corrected chi connectivity index (χ1v) is 13.2. The van der Waals surface area contributed by atoms with Crippen LogP contribution in [0.3, 0.4) is 0 Å². The SMILES string of the molecule is COC(=O)c1ccc(CN2CCc3c(sc(NC(=O)c4cc(OCCN=C(N)N)ccc4Cl)c3C#N)C2)cc1.Cl. The first-order valence-electron chi connectivity index (χ1n) is 12.0. The molecular formula is C27H28Cl2N6O4S. The molecule has 4 rings (SSSR count). The fourth-order valence-corrected chi connectivity index (χ4v) is 5.64. The molecule has 1 aliphatic rings. The highest BCUT2D eigenvalue weighted by Gasteiger charge is 2.26. The number of thiophene rings is 1. The Hall–Kier alpha value is -3.82. The molecule has 1 aromatic heterocycles. The van der Waals surface area contributed by atoms with E-state index in [1.54, 1.807) is 30.3 Å². The number of guanidine groups is 1. The molecule has 0 saturated heterocycles. The zero-order valence-corrected chi connectivity index (χ0v) is 24.0. The molecule has 1 aliphatic heterocycles. The van der Waals surface area contributed by atoms with E-state index in [4.69, 9.17) is 32.5 Å². The molecule has 210 valence electrons. The molecule has 0 radical (unpaired) electrons. The fourth-order valence-electron chi connectivity index (χ4n) is 4.20. The van der Waals surface area contributed by atoms with Crippen LogP contribution in [0.4, 0.5) is 5.00 Å². The number of aliphatic imine (C=N–C) groups is 1. The summed E-state index contributed by atoms with van der Waals surface area (Å²) in [5, 5.41) is 13.5. The second-order valence-electron chi connectivity index (χ2n) is 8.72. The van der Waals surface area contributed by atoms with E-state index in [0.717, 1.165) is 22.5 Å². The van der Waals surface area contributed by atoms with E-state index < -0.39 is 5.91 Å². The molecule has 0 saturated carbocycles. The van der Waals surface area contributed by atoms with E-state index in [9.17, 15) is 14.9 Å². The van der Waals surface area contributed by atoms with Crippen molar-refractivity contribution in [1.29, 1.82) is 5.26 Å². The van der Waals surface area contributed by atoms with E-state index in [2.05, 4.69) is 21.3 Å². The summed E-state index contributed by atoms with van der Waals surface area (Å²) in [5.41, 5.74) is 13.8. The van der Waals surface area contributed by atoms with Gasteiger partial charge in [-0.3, -0.25) is 14.7 Å². The van der Waals surface area contributed by atoms with E-state index in [1.165, 1.54) is 18.4 Å². The van der Waals surface area contributed by atoms with Crippen LogP contribution in [0.1, 0.15) is 42.3 Å². The van der Waals surface area contributed by atoms with Crippen LogP contribution < -0.4 is 21.5 Å². The minimum absolute atomic E-state index is 0. The summed E-state index contributed by atoms with van der Waals surface area (Å²) in [5.74, 6) is -0.396. The Bertz CT molecular complexity index is 1450. The maximum atomic E-state index is 13.1. The van der Waals surface area contributed by atoms with Crippen molar-refractivity contribution in [2.45, 2.75) is 19.5 Å². The predicted octanol–water partition coefficient (Wildman–Crippen LogP) is 3.94. The Morgan fingerprint density at radius 1 is 1.23 bits per heavy atom. The Morgan fingerprint density at radius 2 is 1.98 bits per heavy atom. The van der Waals surface area contributed by atoms with Gasteiger partial charge in [-0.25, -0.2) is 4.79 Å². The van der Waals surface area contributed by atoms with Gasteiger partial charge in [0.05, 0.1) is 35.4 Å². The van der Waals surface area contributed by atoms with Gasteiger partial charge in [-0.05, 0) is 47.9 Å². The Morgan fingerprint density at radius 3 is 2.65 bits per heavy atom. The van der Waals surface area contributed by atoms with Crippen LogP contribution in [-0.4, -0.2) is 49.5 Å². The van der Waals surface area contributed by atoms with Gasteiger partial charge in [-0.1, -0.05) is 23.7 Å². The number of amides is 1. The lowest BCUT2D eigenvalue weighted by atomic mass is 10.0. The average Bonchev–Trinajstić information content (AvgIpc) is 3.27. The number of ether oxygens (including phenoxy) is 2. The third kappa shape index (κ3) is 7.43. The summed E-state index contributed by atoms with van der Waals surface area (Å²) in [4.78, 5) is 32.0. The van der Waals surface area contributed by atoms with E-state index in [1.807, 2.05) is 12.1 Å². The normalized spacial score (nSPS) is 12.3. The van der Waals surface area contributed by atoms with Gasteiger partial charge in [0, 0.05) is 24.5 Å². The summed E-state index contributed by atoms with van der Waals surface area (Å²) >= 11 is 7.69. The molecule has 2 heterocycles. The first kappa shape index (κ1) is 30.7. The van der Waals surface area contributed by atoms with Crippen LogP contribution in [0, 0.1) is 11.3 Å². The van der Waals surface area contributed by atoms with Gasteiger partial charge >= 0.3 is 5.97 Å². The number of nitriles is 1. The molecule has 0 spiro atoms. The van der Waals surface area contributed by atoms with Gasteiger partial charge in [0.25, 0.3) is 5.91 Å². The molecule has 0 bridgehead atoms. The van der Waals surface area contributed by atoms with Gasteiger partial charge in [0.15, 0.2) is 5.96 Å². The summed E-state index contributed by atoms with van der Waals surface area (Å²) in [7, 11) is 1.36. The van der Waals surface area contributed by atoms with Gasteiger partial charge in [0.2, 0.25) is 0 Å². The lowest BCUT2D eigenvalue weighted by molar-refractivity contribution is 0.0600. The number of fused-ring (bicyclic) bond motifs is 1. The van der Waals surface area contributed by atoms with E-state index in [0.29, 0.717) is 41.4 Å².